The van der Waals surface area contributed by atoms with Crippen molar-refractivity contribution in [3.05, 3.63) is 72.3 Å². The minimum atomic E-state index is -0.989. The van der Waals surface area contributed by atoms with E-state index >= 15 is 0 Å². The number of carbonyl (C=O) groups is 7. The number of nitrogens with zero attached hydrogens (tertiary/aromatic N) is 8. The standard InChI is InChI=1S/C33H43N5O5S.C31H39N5O3.CH3I.CH4/c1-2-3-12-27-36-30-31(23-9-6-7-10-24(23)35-32(30)34)37(27)17-8-4-5-11-25(39)22-15-13-21(14-16-22)19-38-28(40)18-26(33(38)43)44-20-29(41)42;1-2-3-12-26-34-29-30(23-9-6-7-10-24(23)33-31(29)32)35(26)19-8-4-5-11-25(37)22-15-13-21(14-16-22)20-36-27(38)17-18-28(36)39;1-2;/h6-7,9-10,21-22,26H,2-5,8,11-20H2,1H3,(H2,34,35)(H,41,42);6-7,9-10,17-18,21-22H,2-5,8,11-16,19-20H2,1H3,(H2,32,33);1H3;1H4. The second-order valence-corrected chi connectivity index (χ2v) is 24.5. The highest BCUT2D eigenvalue weighted by Gasteiger charge is 2.41. The number of pyridine rings is 2. The van der Waals surface area contributed by atoms with Gasteiger partial charge in [0.25, 0.3) is 11.8 Å². The number of anilines is 2. The van der Waals surface area contributed by atoms with Gasteiger partial charge in [-0.05, 0) is 119 Å². The molecule has 18 nitrogen and oxygen atoms in total. The number of aliphatic carboxylic acids is 1. The number of hydrogen-bond donors (Lipinski definition) is 3. The number of aromatic nitrogens is 6. The normalized spacial score (nSPS) is 19.5. The molecular weight excluding hydrogens is 1220 g/mol. The zero-order valence-electron chi connectivity index (χ0n) is 49.8. The number of carboxylic acids is 1. The number of imidazole rings is 2. The summed E-state index contributed by atoms with van der Waals surface area (Å²) < 4.78 is 4.65. The van der Waals surface area contributed by atoms with Crippen LogP contribution in [-0.2, 0) is 59.5 Å². The Hall–Kier alpha value is -6.29. The van der Waals surface area contributed by atoms with Crippen molar-refractivity contribution < 1.29 is 38.7 Å². The van der Waals surface area contributed by atoms with E-state index in [9.17, 15) is 33.6 Å². The van der Waals surface area contributed by atoms with E-state index in [4.69, 9.17) is 26.5 Å². The van der Waals surface area contributed by atoms with Gasteiger partial charge < -0.3 is 25.7 Å². The summed E-state index contributed by atoms with van der Waals surface area (Å²) in [4.78, 5) is 109. The molecule has 1 saturated heterocycles. The highest BCUT2D eigenvalue weighted by Crippen LogP contribution is 2.36. The van der Waals surface area contributed by atoms with E-state index in [1.54, 1.807) is 0 Å². The van der Waals surface area contributed by atoms with Crippen LogP contribution < -0.4 is 11.5 Å². The van der Waals surface area contributed by atoms with E-state index in [-0.39, 0.29) is 61.0 Å². The lowest BCUT2D eigenvalue weighted by Gasteiger charge is -2.30. The molecule has 2 aromatic carbocycles. The Bertz CT molecular complexity index is 3360. The fraction of sp³-hybridized carbons (Fsp3) is 0.561. The number of halogens is 1. The number of unbranched alkanes of at least 4 members (excludes halogenated alkanes) is 6. The quantitative estimate of drug-likeness (QED) is 0.0187. The molecule has 86 heavy (non-hydrogen) atoms. The van der Waals surface area contributed by atoms with Crippen LogP contribution >= 0.6 is 34.4 Å². The van der Waals surface area contributed by atoms with Gasteiger partial charge in [-0.1, -0.05) is 106 Å². The Morgan fingerprint density at radius 1 is 0.593 bits per heavy atom. The Morgan fingerprint density at radius 2 is 1.02 bits per heavy atom. The number of thioether (sulfide) groups is 1. The highest BCUT2D eigenvalue weighted by atomic mass is 127. The Kier molecular flexibility index (Phi) is 25.5. The van der Waals surface area contributed by atoms with Crippen molar-refractivity contribution in [3.8, 4) is 0 Å². The molecule has 10 rings (SSSR count). The Balaban J connectivity index is 0.000000238. The van der Waals surface area contributed by atoms with E-state index in [2.05, 4.69) is 67.7 Å². The molecule has 1 atom stereocenters. The second kappa shape index (κ2) is 32.6. The first-order valence-electron chi connectivity index (χ1n) is 30.9. The Morgan fingerprint density at radius 3 is 1.45 bits per heavy atom. The molecule has 4 aliphatic rings. The van der Waals surface area contributed by atoms with Gasteiger partial charge in [0.1, 0.15) is 34.2 Å². The number of rotatable bonds is 27. The first kappa shape index (κ1) is 67.2. The van der Waals surface area contributed by atoms with E-state index < -0.39 is 11.2 Å². The van der Waals surface area contributed by atoms with Gasteiger partial charge in [0.05, 0.1) is 33.1 Å². The summed E-state index contributed by atoms with van der Waals surface area (Å²) >= 11 is 3.17. The van der Waals surface area contributed by atoms with Crippen molar-refractivity contribution in [1.29, 1.82) is 0 Å². The van der Waals surface area contributed by atoms with Crippen molar-refractivity contribution in [3.63, 3.8) is 0 Å². The zero-order valence-corrected chi connectivity index (χ0v) is 52.8. The van der Waals surface area contributed by atoms with Crippen LogP contribution in [-0.4, -0.2) is 114 Å². The summed E-state index contributed by atoms with van der Waals surface area (Å²) in [5.41, 5.74) is 18.1. The molecule has 464 valence electrons. The number of imide groups is 2. The summed E-state index contributed by atoms with van der Waals surface area (Å²) in [6, 6.07) is 16.2. The molecule has 4 amide bonds. The van der Waals surface area contributed by atoms with Crippen molar-refractivity contribution in [2.75, 3.05) is 35.2 Å². The number of aryl methyl sites for hydroxylation is 4. The molecule has 2 aliphatic carbocycles. The molecule has 6 aromatic rings. The lowest BCUT2D eigenvalue weighted by atomic mass is 9.79. The van der Waals surface area contributed by atoms with Gasteiger partial charge in [0, 0.05) is 93.0 Å². The molecule has 2 saturated carbocycles. The van der Waals surface area contributed by atoms with Gasteiger partial charge in [-0.15, -0.1) is 11.8 Å². The number of hydrogen-bond acceptors (Lipinski definition) is 14. The maximum absolute atomic E-state index is 13.0. The number of Topliss-reactive ketones (excluding diaryl/α,β-unsaturated/α-hetero) is 2. The van der Waals surface area contributed by atoms with Crippen LogP contribution in [0.15, 0.2) is 60.7 Å². The molecule has 20 heteroatoms. The van der Waals surface area contributed by atoms with Crippen LogP contribution in [0.25, 0.3) is 43.9 Å². The number of alkyl halides is 1. The number of ketones is 2. The monoisotopic (exact) mass is 1310 g/mol. The van der Waals surface area contributed by atoms with Crippen LogP contribution in [0.4, 0.5) is 11.6 Å². The number of nitrogen functional groups attached to an aromatic ring is 2. The minimum absolute atomic E-state index is 0. The minimum Gasteiger partial charge on any atom is -0.481 e. The number of benzene rings is 2. The lowest BCUT2D eigenvalue weighted by molar-refractivity contribution is -0.140. The predicted octanol–water partition coefficient (Wildman–Crippen LogP) is 12.4. The van der Waals surface area contributed by atoms with Gasteiger partial charge in [0.2, 0.25) is 11.8 Å². The third-order valence-electron chi connectivity index (χ3n) is 17.5. The number of carboxylic acid groups (broad SMARTS) is 1. The van der Waals surface area contributed by atoms with Crippen LogP contribution in [0.1, 0.15) is 168 Å². The second-order valence-electron chi connectivity index (χ2n) is 23.3. The van der Waals surface area contributed by atoms with Crippen LogP contribution in [0.5, 0.6) is 0 Å². The number of amides is 4. The largest absolute Gasteiger partial charge is 0.481 e. The maximum atomic E-state index is 13.0. The Labute approximate surface area is 524 Å². The lowest BCUT2D eigenvalue weighted by Crippen LogP contribution is -2.37. The number of nitrogens with two attached hydrogens (primary N) is 2. The first-order chi connectivity index (χ1) is 41.2. The predicted molar refractivity (Wildman–Crippen MR) is 352 cm³/mol. The van der Waals surface area contributed by atoms with Gasteiger partial charge in [0.15, 0.2) is 11.6 Å². The number of para-hydroxylation sites is 2. The van der Waals surface area contributed by atoms with Crippen LogP contribution in [0.2, 0.25) is 0 Å². The van der Waals surface area contributed by atoms with Gasteiger partial charge in [-0.25, -0.2) is 19.9 Å². The fourth-order valence-electron chi connectivity index (χ4n) is 12.9. The maximum Gasteiger partial charge on any atom is 0.313 e. The molecule has 2 aliphatic heterocycles. The third kappa shape index (κ3) is 16.7. The van der Waals surface area contributed by atoms with E-state index in [0.29, 0.717) is 55.1 Å². The first-order valence-corrected chi connectivity index (χ1v) is 34.1. The summed E-state index contributed by atoms with van der Waals surface area (Å²) in [7, 11) is 0. The summed E-state index contributed by atoms with van der Waals surface area (Å²) in [5.74, 6) is 2.32. The van der Waals surface area contributed by atoms with Gasteiger partial charge in [-0.2, -0.15) is 0 Å². The van der Waals surface area contributed by atoms with Gasteiger partial charge in [-0.3, -0.25) is 43.4 Å². The topological polar surface area (TPSA) is 260 Å². The summed E-state index contributed by atoms with van der Waals surface area (Å²) in [6.45, 7) is 6.90. The molecule has 1 unspecified atom stereocenters. The van der Waals surface area contributed by atoms with E-state index in [0.717, 1.165) is 209 Å². The average Bonchev–Trinajstić information content (AvgIpc) is 4.34. The third-order valence-corrected chi connectivity index (χ3v) is 18.7. The molecule has 5 N–H and O–H groups in total. The zero-order chi connectivity index (χ0) is 60.6. The molecule has 0 spiro atoms. The number of carbonyl (C=O) groups excluding carboxylic acids is 6. The van der Waals surface area contributed by atoms with Crippen molar-refractivity contribution >= 4 is 131 Å². The molecule has 4 aromatic heterocycles. The molecule has 3 fully saturated rings. The van der Waals surface area contributed by atoms with E-state index in [1.807, 2.05) is 41.3 Å². The van der Waals surface area contributed by atoms with E-state index in [1.165, 1.54) is 22.0 Å². The summed E-state index contributed by atoms with van der Waals surface area (Å²) in [5, 5.41) is 10.4. The molecule has 0 bridgehead atoms. The highest BCUT2D eigenvalue weighted by molar-refractivity contribution is 14.1. The van der Waals surface area contributed by atoms with Crippen LogP contribution in [0.3, 0.4) is 0 Å². The number of likely N-dealkylation sites (tertiary alicyclic amines) is 1. The average molecular weight is 1310 g/mol. The molecular formula is C66H89IN10O8S. The summed E-state index contributed by atoms with van der Waals surface area (Å²) in [6.07, 6.45) is 22.4. The van der Waals surface area contributed by atoms with Crippen molar-refractivity contribution in [2.24, 2.45) is 23.7 Å². The van der Waals surface area contributed by atoms with Crippen molar-refractivity contribution in [1.82, 2.24) is 38.9 Å². The van der Waals surface area contributed by atoms with Gasteiger partial charge >= 0.3 is 5.97 Å². The molecule has 0 radical (unpaired) electrons. The SMILES string of the molecule is C.CCCCc1nc2c(N)nc3ccccc3c2n1CCCCCC(=O)C1CCC(CN2C(=O)C=CC2=O)CC1.CCCCc1nc2c(N)nc3ccccc3c2n1CCCCCC(=O)C1CCC(CN2C(=O)CC(SCC(=O)O)C2=O)CC1.CI. The van der Waals surface area contributed by atoms with Crippen molar-refractivity contribution in [2.45, 2.75) is 187 Å². The van der Waals surface area contributed by atoms with Crippen LogP contribution in [0, 0.1) is 23.7 Å². The molecule has 6 heterocycles. The number of fused-ring (bicyclic) bond motifs is 6. The fourth-order valence-corrected chi connectivity index (χ4v) is 13.7. The smallest absolute Gasteiger partial charge is 0.313 e.